The lowest BCUT2D eigenvalue weighted by Gasteiger charge is -2.34. The molecule has 3 rings (SSSR count). The smallest absolute Gasteiger partial charge is 0.409 e. The van der Waals surface area contributed by atoms with Crippen molar-refractivity contribution in [3.05, 3.63) is 40.2 Å². The SMILES string of the molecule is CC(C)COC(=O)N1CCN(c2cc(Cl)ncn2)CC1.Clc1cc(Cl)ncn1. The second-order valence-corrected chi connectivity index (χ2v) is 7.47. The fourth-order valence-corrected chi connectivity index (χ4v) is 2.75. The molecule has 1 amide bonds. The third-order valence-electron chi connectivity index (χ3n) is 3.62. The minimum absolute atomic E-state index is 0.237. The Balaban J connectivity index is 0.000000292. The summed E-state index contributed by atoms with van der Waals surface area (Å²) in [4.78, 5) is 30.9. The van der Waals surface area contributed by atoms with Crippen LogP contribution in [0.2, 0.25) is 15.5 Å². The van der Waals surface area contributed by atoms with Gasteiger partial charge < -0.3 is 14.5 Å². The van der Waals surface area contributed by atoms with Crippen molar-refractivity contribution in [2.24, 2.45) is 5.92 Å². The summed E-state index contributed by atoms with van der Waals surface area (Å²) in [5.41, 5.74) is 0. The van der Waals surface area contributed by atoms with Crippen LogP contribution < -0.4 is 4.90 Å². The number of nitrogens with zero attached hydrogens (tertiary/aromatic N) is 6. The molecular weight excluding hydrogens is 427 g/mol. The first-order chi connectivity index (χ1) is 13.3. The first kappa shape index (κ1) is 22.4. The zero-order valence-corrected chi connectivity index (χ0v) is 17.8. The number of carbonyl (C=O) groups is 1. The Morgan fingerprint density at radius 1 is 0.964 bits per heavy atom. The molecule has 0 aliphatic carbocycles. The molecule has 0 N–H and O–H groups in total. The van der Waals surface area contributed by atoms with Crippen LogP contribution in [0, 0.1) is 5.92 Å². The van der Waals surface area contributed by atoms with E-state index in [9.17, 15) is 4.79 Å². The van der Waals surface area contributed by atoms with E-state index in [0.29, 0.717) is 54.2 Å². The third kappa shape index (κ3) is 7.61. The highest BCUT2D eigenvalue weighted by atomic mass is 35.5. The first-order valence-corrected chi connectivity index (χ1v) is 9.75. The van der Waals surface area contributed by atoms with Crippen LogP contribution in [0.4, 0.5) is 10.6 Å². The fraction of sp³-hybridized carbons (Fsp3) is 0.471. The summed E-state index contributed by atoms with van der Waals surface area (Å²) >= 11 is 16.7. The van der Waals surface area contributed by atoms with Crippen molar-refractivity contribution >= 4 is 46.7 Å². The largest absolute Gasteiger partial charge is 0.449 e. The Labute approximate surface area is 178 Å². The van der Waals surface area contributed by atoms with Crippen molar-refractivity contribution in [3.63, 3.8) is 0 Å². The molecule has 8 nitrogen and oxygen atoms in total. The summed E-state index contributed by atoms with van der Waals surface area (Å²) < 4.78 is 5.22. The predicted octanol–water partition coefficient (Wildman–Crippen LogP) is 3.83. The van der Waals surface area contributed by atoms with E-state index in [0.717, 1.165) is 5.82 Å². The molecule has 0 saturated carbocycles. The summed E-state index contributed by atoms with van der Waals surface area (Å²) in [5.74, 6) is 1.14. The number of piperazine rings is 1. The number of halogens is 3. The number of ether oxygens (including phenoxy) is 1. The van der Waals surface area contributed by atoms with Crippen molar-refractivity contribution in [1.29, 1.82) is 0 Å². The van der Waals surface area contributed by atoms with Crippen LogP contribution in [0.25, 0.3) is 0 Å². The molecule has 0 radical (unpaired) electrons. The Morgan fingerprint density at radius 3 is 1.96 bits per heavy atom. The zero-order valence-electron chi connectivity index (χ0n) is 15.6. The van der Waals surface area contributed by atoms with Gasteiger partial charge in [-0.15, -0.1) is 0 Å². The summed E-state index contributed by atoms with van der Waals surface area (Å²) in [5, 5.41) is 1.16. The van der Waals surface area contributed by atoms with E-state index in [4.69, 9.17) is 39.5 Å². The topological polar surface area (TPSA) is 84.3 Å². The molecule has 0 atom stereocenters. The molecule has 0 unspecified atom stereocenters. The number of carbonyl (C=O) groups excluding carboxylic acids is 1. The molecule has 0 aromatic carbocycles. The Kier molecular flexibility index (Phi) is 8.95. The third-order valence-corrected chi connectivity index (χ3v) is 4.24. The molecule has 152 valence electrons. The molecule has 1 aliphatic rings. The van der Waals surface area contributed by atoms with Gasteiger partial charge in [0.25, 0.3) is 0 Å². The van der Waals surface area contributed by atoms with Crippen molar-refractivity contribution in [1.82, 2.24) is 24.8 Å². The lowest BCUT2D eigenvalue weighted by atomic mass is 10.2. The molecule has 1 aliphatic heterocycles. The fourth-order valence-electron chi connectivity index (χ4n) is 2.26. The van der Waals surface area contributed by atoms with Gasteiger partial charge in [0.2, 0.25) is 0 Å². The number of rotatable bonds is 3. The van der Waals surface area contributed by atoms with Gasteiger partial charge in [-0.05, 0) is 5.92 Å². The van der Waals surface area contributed by atoms with E-state index >= 15 is 0 Å². The maximum Gasteiger partial charge on any atom is 0.409 e. The standard InChI is InChI=1S/C13H19ClN4O2.C4H2Cl2N2/c1-10(2)8-20-13(19)18-5-3-17(4-6-18)12-7-11(14)15-9-16-12;5-3-1-4(6)8-2-7-3/h7,9-10H,3-6,8H2,1-2H3;1-2H. The Morgan fingerprint density at radius 2 is 1.50 bits per heavy atom. The number of aromatic nitrogens is 4. The normalized spacial score (nSPS) is 13.8. The van der Waals surface area contributed by atoms with Crippen LogP contribution in [-0.4, -0.2) is 63.7 Å². The zero-order chi connectivity index (χ0) is 20.5. The van der Waals surface area contributed by atoms with Crippen molar-refractivity contribution in [2.45, 2.75) is 13.8 Å². The van der Waals surface area contributed by atoms with Crippen LogP contribution in [0.15, 0.2) is 24.8 Å². The van der Waals surface area contributed by atoms with Gasteiger partial charge in [-0.2, -0.15) is 0 Å². The van der Waals surface area contributed by atoms with Gasteiger partial charge in [0, 0.05) is 38.3 Å². The van der Waals surface area contributed by atoms with E-state index in [1.807, 2.05) is 13.8 Å². The summed E-state index contributed by atoms with van der Waals surface area (Å²) in [6.07, 6.45) is 2.52. The summed E-state index contributed by atoms with van der Waals surface area (Å²) in [7, 11) is 0. The molecule has 0 bridgehead atoms. The Hall–Kier alpha value is -1.90. The van der Waals surface area contributed by atoms with E-state index < -0.39 is 0 Å². The molecule has 0 spiro atoms. The predicted molar refractivity (Wildman–Crippen MR) is 109 cm³/mol. The van der Waals surface area contributed by atoms with Gasteiger partial charge in [0.05, 0.1) is 6.61 Å². The first-order valence-electron chi connectivity index (χ1n) is 8.62. The number of amides is 1. The second kappa shape index (κ2) is 11.2. The monoisotopic (exact) mass is 446 g/mol. The van der Waals surface area contributed by atoms with Crippen LogP contribution in [-0.2, 0) is 4.74 Å². The van der Waals surface area contributed by atoms with Gasteiger partial charge in [0.15, 0.2) is 0 Å². The molecule has 2 aromatic heterocycles. The van der Waals surface area contributed by atoms with Crippen molar-refractivity contribution < 1.29 is 9.53 Å². The van der Waals surface area contributed by atoms with E-state index in [1.54, 1.807) is 11.0 Å². The number of anilines is 1. The highest BCUT2D eigenvalue weighted by Gasteiger charge is 2.23. The van der Waals surface area contributed by atoms with E-state index in [-0.39, 0.29) is 6.09 Å². The van der Waals surface area contributed by atoms with E-state index in [1.165, 1.54) is 18.7 Å². The van der Waals surface area contributed by atoms with Gasteiger partial charge in [0.1, 0.15) is 33.9 Å². The maximum absolute atomic E-state index is 11.8. The maximum atomic E-state index is 11.8. The van der Waals surface area contributed by atoms with Crippen LogP contribution in [0.3, 0.4) is 0 Å². The van der Waals surface area contributed by atoms with Crippen LogP contribution in [0.5, 0.6) is 0 Å². The number of hydrogen-bond donors (Lipinski definition) is 0. The minimum Gasteiger partial charge on any atom is -0.449 e. The quantitative estimate of drug-likeness (QED) is 0.661. The molecule has 1 fully saturated rings. The van der Waals surface area contributed by atoms with Gasteiger partial charge in [-0.1, -0.05) is 48.7 Å². The van der Waals surface area contributed by atoms with Crippen molar-refractivity contribution in [2.75, 3.05) is 37.7 Å². The van der Waals surface area contributed by atoms with Gasteiger partial charge >= 0.3 is 6.09 Å². The van der Waals surface area contributed by atoms with Crippen LogP contribution >= 0.6 is 34.8 Å². The lowest BCUT2D eigenvalue weighted by molar-refractivity contribution is 0.0901. The molecular formula is C17H21Cl3N6O2. The van der Waals surface area contributed by atoms with E-state index in [2.05, 4.69) is 24.8 Å². The Bertz CT molecular complexity index is 755. The number of hydrogen-bond acceptors (Lipinski definition) is 7. The molecule has 2 aromatic rings. The van der Waals surface area contributed by atoms with Crippen molar-refractivity contribution in [3.8, 4) is 0 Å². The molecule has 11 heteroatoms. The molecule has 28 heavy (non-hydrogen) atoms. The summed E-state index contributed by atoms with van der Waals surface area (Å²) in [6, 6.07) is 3.21. The minimum atomic E-state index is -0.237. The van der Waals surface area contributed by atoms with Gasteiger partial charge in [-0.25, -0.2) is 24.7 Å². The highest BCUT2D eigenvalue weighted by molar-refractivity contribution is 6.33. The lowest BCUT2D eigenvalue weighted by Crippen LogP contribution is -2.49. The van der Waals surface area contributed by atoms with Gasteiger partial charge in [-0.3, -0.25) is 0 Å². The molecule has 1 saturated heterocycles. The average Bonchev–Trinajstić information content (AvgIpc) is 2.66. The molecule has 3 heterocycles. The second-order valence-electron chi connectivity index (χ2n) is 6.31. The highest BCUT2D eigenvalue weighted by Crippen LogP contribution is 2.16. The van der Waals surface area contributed by atoms with Crippen LogP contribution in [0.1, 0.15) is 13.8 Å². The average molecular weight is 448 g/mol. The summed E-state index contributed by atoms with van der Waals surface area (Å²) in [6.45, 7) is 7.17.